The van der Waals surface area contributed by atoms with Crippen molar-refractivity contribution in [1.29, 1.82) is 0 Å². The molecule has 0 amide bonds. The molecule has 0 saturated carbocycles. The summed E-state index contributed by atoms with van der Waals surface area (Å²) in [7, 11) is 0. The first-order valence-electron chi connectivity index (χ1n) is 5.12. The van der Waals surface area contributed by atoms with E-state index in [1.54, 1.807) is 0 Å². The molecule has 0 radical (unpaired) electrons. The maximum Gasteiger partial charge on any atom is 0.416 e. The van der Waals surface area contributed by atoms with E-state index in [-0.39, 0.29) is 22.1 Å². The van der Waals surface area contributed by atoms with Gasteiger partial charge in [0.25, 0.3) is 0 Å². The normalized spacial score (nSPS) is 11.4. The Balaban J connectivity index is 2.49. The number of aromatic nitrogens is 2. The van der Waals surface area contributed by atoms with Crippen molar-refractivity contribution in [3.05, 3.63) is 51.3 Å². The average Bonchev–Trinajstić information content (AvgIpc) is 2.38. The monoisotopic (exact) mass is 303 g/mol. The first kappa shape index (κ1) is 14.2. The van der Waals surface area contributed by atoms with Gasteiger partial charge in [0.2, 0.25) is 0 Å². The third-order valence-corrected chi connectivity index (χ3v) is 2.71. The van der Waals surface area contributed by atoms with Crippen LogP contribution in [-0.4, -0.2) is 14.9 Å². The largest absolute Gasteiger partial charge is 0.416 e. The van der Waals surface area contributed by atoms with Crippen LogP contribution in [0.15, 0.2) is 30.6 Å². The second kappa shape index (κ2) is 5.04. The van der Waals surface area contributed by atoms with Gasteiger partial charge in [-0.1, -0.05) is 11.6 Å². The van der Waals surface area contributed by atoms with Gasteiger partial charge in [-0.2, -0.15) is 13.2 Å². The first-order chi connectivity index (χ1) is 9.29. The fourth-order valence-corrected chi connectivity index (χ4v) is 1.63. The molecule has 1 aromatic carbocycles. The Morgan fingerprint density at radius 1 is 1.20 bits per heavy atom. The summed E-state index contributed by atoms with van der Waals surface area (Å²) in [5.41, 5.74) is -1.31. The summed E-state index contributed by atoms with van der Waals surface area (Å²) in [6.07, 6.45) is -2.72. The molecule has 0 unspecified atom stereocenters. The molecule has 2 aromatic rings. The summed E-state index contributed by atoms with van der Waals surface area (Å²) in [5.74, 6) is -0.119. The van der Waals surface area contributed by atoms with Crippen molar-refractivity contribution in [2.75, 3.05) is 0 Å². The standard InChI is InChI=1S/C11H5ClF3N3O2/c12-9-2-1-6(11(13,14)15)3-8(9)10-16-4-7(5-17-10)18(19)20/h1-5H. The summed E-state index contributed by atoms with van der Waals surface area (Å²) in [6, 6.07) is 2.70. The van der Waals surface area contributed by atoms with Gasteiger partial charge in [-0.05, 0) is 18.2 Å². The highest BCUT2D eigenvalue weighted by molar-refractivity contribution is 6.33. The molecule has 0 saturated heterocycles. The molecule has 2 rings (SSSR count). The number of benzene rings is 1. The zero-order chi connectivity index (χ0) is 14.9. The topological polar surface area (TPSA) is 68.9 Å². The zero-order valence-corrected chi connectivity index (χ0v) is 10.3. The predicted octanol–water partition coefficient (Wildman–Crippen LogP) is 3.72. The summed E-state index contributed by atoms with van der Waals surface area (Å²) in [4.78, 5) is 17.0. The molecular weight excluding hydrogens is 299 g/mol. The fraction of sp³-hybridized carbons (Fsp3) is 0.0909. The van der Waals surface area contributed by atoms with Gasteiger partial charge in [0.05, 0.1) is 15.5 Å². The molecule has 1 aromatic heterocycles. The number of halogens is 4. The highest BCUT2D eigenvalue weighted by Crippen LogP contribution is 2.34. The van der Waals surface area contributed by atoms with Crippen LogP contribution in [0.3, 0.4) is 0 Å². The minimum atomic E-state index is -4.53. The van der Waals surface area contributed by atoms with Gasteiger partial charge < -0.3 is 0 Å². The summed E-state index contributed by atoms with van der Waals surface area (Å²) >= 11 is 5.80. The van der Waals surface area contributed by atoms with E-state index in [4.69, 9.17) is 11.6 Å². The van der Waals surface area contributed by atoms with Crippen LogP contribution in [0.25, 0.3) is 11.4 Å². The second-order valence-electron chi connectivity index (χ2n) is 3.71. The van der Waals surface area contributed by atoms with Crippen molar-refractivity contribution in [2.45, 2.75) is 6.18 Å². The van der Waals surface area contributed by atoms with Crippen molar-refractivity contribution in [3.8, 4) is 11.4 Å². The molecule has 0 spiro atoms. The predicted molar refractivity (Wildman–Crippen MR) is 64.1 cm³/mol. The Labute approximate surface area is 115 Å². The van der Waals surface area contributed by atoms with Crippen LogP contribution >= 0.6 is 11.6 Å². The lowest BCUT2D eigenvalue weighted by molar-refractivity contribution is -0.385. The number of nitro groups is 1. The van der Waals surface area contributed by atoms with Crippen molar-refractivity contribution in [3.63, 3.8) is 0 Å². The van der Waals surface area contributed by atoms with Gasteiger partial charge in [0.1, 0.15) is 12.4 Å². The van der Waals surface area contributed by atoms with Crippen LogP contribution in [0.4, 0.5) is 18.9 Å². The van der Waals surface area contributed by atoms with Gasteiger partial charge >= 0.3 is 11.9 Å². The Hall–Kier alpha value is -2.22. The minimum Gasteiger partial charge on any atom is -0.258 e. The summed E-state index contributed by atoms with van der Waals surface area (Å²) in [5, 5.41) is 10.5. The minimum absolute atomic E-state index is 0.0202. The van der Waals surface area contributed by atoms with E-state index in [1.165, 1.54) is 0 Å². The smallest absolute Gasteiger partial charge is 0.258 e. The Bertz CT molecular complexity index is 659. The number of hydrogen-bond acceptors (Lipinski definition) is 4. The van der Waals surface area contributed by atoms with E-state index in [9.17, 15) is 23.3 Å². The summed E-state index contributed by atoms with van der Waals surface area (Å²) < 4.78 is 37.8. The Kier molecular flexibility index (Phi) is 3.58. The zero-order valence-electron chi connectivity index (χ0n) is 9.56. The molecule has 20 heavy (non-hydrogen) atoms. The molecule has 1 heterocycles. The van der Waals surface area contributed by atoms with Crippen molar-refractivity contribution in [2.24, 2.45) is 0 Å². The summed E-state index contributed by atoms with van der Waals surface area (Å²) in [6.45, 7) is 0. The molecule has 0 aliphatic heterocycles. The van der Waals surface area contributed by atoms with E-state index in [0.717, 1.165) is 30.6 Å². The highest BCUT2D eigenvalue weighted by atomic mass is 35.5. The molecular formula is C11H5ClF3N3O2. The number of rotatable bonds is 2. The SMILES string of the molecule is O=[N+]([O-])c1cnc(-c2cc(C(F)(F)F)ccc2Cl)nc1. The van der Waals surface area contributed by atoms with E-state index in [0.29, 0.717) is 0 Å². The average molecular weight is 304 g/mol. The maximum absolute atomic E-state index is 12.6. The maximum atomic E-state index is 12.6. The van der Waals surface area contributed by atoms with E-state index < -0.39 is 16.7 Å². The van der Waals surface area contributed by atoms with Crippen molar-refractivity contribution in [1.82, 2.24) is 9.97 Å². The van der Waals surface area contributed by atoms with Crippen LogP contribution < -0.4 is 0 Å². The molecule has 0 aliphatic rings. The molecule has 0 fully saturated rings. The first-order valence-corrected chi connectivity index (χ1v) is 5.50. The Morgan fingerprint density at radius 2 is 1.80 bits per heavy atom. The van der Waals surface area contributed by atoms with Crippen LogP contribution in [-0.2, 0) is 6.18 Å². The molecule has 0 bridgehead atoms. The molecule has 5 nitrogen and oxygen atoms in total. The lowest BCUT2D eigenvalue weighted by Crippen LogP contribution is -2.05. The molecule has 0 N–H and O–H groups in total. The number of nitrogens with zero attached hydrogens (tertiary/aromatic N) is 3. The lowest BCUT2D eigenvalue weighted by Gasteiger charge is -2.09. The third-order valence-electron chi connectivity index (χ3n) is 2.38. The number of alkyl halides is 3. The quantitative estimate of drug-likeness (QED) is 0.626. The van der Waals surface area contributed by atoms with Crippen LogP contribution in [0, 0.1) is 10.1 Å². The highest BCUT2D eigenvalue weighted by Gasteiger charge is 2.31. The lowest BCUT2D eigenvalue weighted by atomic mass is 10.1. The fourth-order valence-electron chi connectivity index (χ4n) is 1.43. The van der Waals surface area contributed by atoms with Crippen molar-refractivity contribution < 1.29 is 18.1 Å². The van der Waals surface area contributed by atoms with Gasteiger partial charge in [0.15, 0.2) is 5.82 Å². The number of hydrogen-bond donors (Lipinski definition) is 0. The van der Waals surface area contributed by atoms with E-state index in [1.807, 2.05) is 0 Å². The molecule has 0 aliphatic carbocycles. The van der Waals surface area contributed by atoms with Gasteiger partial charge in [0, 0.05) is 5.56 Å². The van der Waals surface area contributed by atoms with Crippen LogP contribution in [0.2, 0.25) is 5.02 Å². The second-order valence-corrected chi connectivity index (χ2v) is 4.12. The Morgan fingerprint density at radius 3 is 2.30 bits per heavy atom. The van der Waals surface area contributed by atoms with Gasteiger partial charge in [-0.3, -0.25) is 10.1 Å². The van der Waals surface area contributed by atoms with Gasteiger partial charge in [-0.15, -0.1) is 0 Å². The van der Waals surface area contributed by atoms with E-state index in [2.05, 4.69) is 9.97 Å². The third kappa shape index (κ3) is 2.85. The molecule has 9 heteroatoms. The van der Waals surface area contributed by atoms with Crippen molar-refractivity contribution >= 4 is 17.3 Å². The van der Waals surface area contributed by atoms with Gasteiger partial charge in [-0.25, -0.2) is 9.97 Å². The van der Waals surface area contributed by atoms with Crippen LogP contribution in [0.1, 0.15) is 5.56 Å². The van der Waals surface area contributed by atoms with Crippen LogP contribution in [0.5, 0.6) is 0 Å². The van der Waals surface area contributed by atoms with E-state index >= 15 is 0 Å². The molecule has 104 valence electrons. The molecule has 0 atom stereocenters.